The molecule has 2 saturated heterocycles. The largest absolute Gasteiger partial charge is 0.495 e. The molecule has 2 aliphatic rings. The Morgan fingerprint density at radius 1 is 1.15 bits per heavy atom. The van der Waals surface area contributed by atoms with Crippen molar-refractivity contribution >= 4 is 51.7 Å². The number of halogens is 2. The average Bonchev–Trinajstić information content (AvgIpc) is 3.34. The van der Waals surface area contributed by atoms with Crippen LogP contribution >= 0.6 is 23.2 Å². The van der Waals surface area contributed by atoms with Crippen LogP contribution in [-0.4, -0.2) is 85.3 Å². The first kappa shape index (κ1) is 27.4. The number of hydrogen-bond donors (Lipinski definition) is 2. The minimum Gasteiger partial charge on any atom is -0.495 e. The van der Waals surface area contributed by atoms with E-state index in [0.717, 1.165) is 18.5 Å². The lowest BCUT2D eigenvalue weighted by atomic mass is 9.97. The predicted octanol–water partition coefficient (Wildman–Crippen LogP) is 4.31. The van der Waals surface area contributed by atoms with Gasteiger partial charge < -0.3 is 29.7 Å². The Bertz CT molecular complexity index is 1390. The van der Waals surface area contributed by atoms with Crippen LogP contribution in [0, 0.1) is 5.92 Å². The van der Waals surface area contributed by atoms with Crippen molar-refractivity contribution in [3.63, 3.8) is 0 Å². The number of likely N-dealkylation sites (tertiary alicyclic amines) is 1. The molecule has 0 spiro atoms. The van der Waals surface area contributed by atoms with Crippen LogP contribution in [0.4, 0.5) is 11.8 Å². The van der Waals surface area contributed by atoms with Gasteiger partial charge in [0.2, 0.25) is 5.95 Å². The van der Waals surface area contributed by atoms with Crippen LogP contribution in [0.25, 0.3) is 22.2 Å². The molecule has 2 atom stereocenters. The molecule has 5 rings (SSSR count). The van der Waals surface area contributed by atoms with Gasteiger partial charge in [0.15, 0.2) is 11.6 Å². The van der Waals surface area contributed by atoms with Gasteiger partial charge in [-0.1, -0.05) is 29.8 Å². The molecule has 2 fully saturated rings. The van der Waals surface area contributed by atoms with Gasteiger partial charge in [-0.2, -0.15) is 0 Å². The number of fused-ring (bicyclic) bond motifs is 1. The molecule has 39 heavy (non-hydrogen) atoms. The highest BCUT2D eigenvalue weighted by Crippen LogP contribution is 2.46. The van der Waals surface area contributed by atoms with E-state index in [-0.39, 0.29) is 23.8 Å². The van der Waals surface area contributed by atoms with Crippen LogP contribution in [0.2, 0.25) is 10.0 Å². The standard InChI is InChI=1S/C27H30Cl2N6O4/c1-5-17(36)6-15-12-39-13-19(15)33-27-30-9-14-7-18(22-23(28)20(37-3)8-21(38-4)24(22)29)32-26(25(14)34-27)31-16-10-35(2)11-16/h5,7-9,15-16,19H,1,6,10-13H2,2-4H3,(H,31,32)(H,30,33,34)/t15-,19+/m0/s1. The first-order valence-electron chi connectivity index (χ1n) is 12.5. The number of aromatic nitrogens is 3. The summed E-state index contributed by atoms with van der Waals surface area (Å²) in [6.07, 6.45) is 3.43. The lowest BCUT2D eigenvalue weighted by molar-refractivity contribution is -0.115. The first-order valence-corrected chi connectivity index (χ1v) is 13.3. The maximum absolute atomic E-state index is 11.9. The third kappa shape index (κ3) is 5.60. The predicted molar refractivity (Wildman–Crippen MR) is 152 cm³/mol. The number of carbonyl (C=O) groups is 1. The topological polar surface area (TPSA) is 111 Å². The lowest BCUT2D eigenvalue weighted by Crippen LogP contribution is -2.52. The number of likely N-dealkylation sites (N-methyl/N-ethyl adjacent to an activating group) is 1. The second-order valence-corrected chi connectivity index (χ2v) is 10.5. The maximum Gasteiger partial charge on any atom is 0.223 e. The second-order valence-electron chi connectivity index (χ2n) is 9.76. The van der Waals surface area contributed by atoms with Gasteiger partial charge in [0.1, 0.15) is 17.0 Å². The number of nitrogens with zero attached hydrogens (tertiary/aromatic N) is 4. The van der Waals surface area contributed by atoms with Gasteiger partial charge in [-0.15, -0.1) is 0 Å². The number of benzene rings is 1. The number of ketones is 1. The molecule has 0 unspecified atom stereocenters. The number of rotatable bonds is 10. The molecule has 10 nitrogen and oxygen atoms in total. The van der Waals surface area contributed by atoms with Crippen LogP contribution in [0.15, 0.2) is 31.0 Å². The third-order valence-corrected chi connectivity index (χ3v) is 7.75. The Labute approximate surface area is 236 Å². The third-order valence-electron chi connectivity index (χ3n) is 7.00. The molecule has 4 heterocycles. The normalized spacial score (nSPS) is 19.5. The van der Waals surface area contributed by atoms with E-state index in [1.807, 2.05) is 6.07 Å². The number of methoxy groups -OCH3 is 2. The van der Waals surface area contributed by atoms with E-state index < -0.39 is 0 Å². The SMILES string of the molecule is C=CC(=O)C[C@H]1COC[C@H]1Nc1ncc2cc(-c3c(Cl)c(OC)cc(OC)c3Cl)nc(NC3CN(C)C3)c2n1. The van der Waals surface area contributed by atoms with Gasteiger partial charge in [-0.25, -0.2) is 15.0 Å². The van der Waals surface area contributed by atoms with E-state index >= 15 is 0 Å². The molecule has 0 amide bonds. The van der Waals surface area contributed by atoms with Crippen LogP contribution < -0.4 is 20.1 Å². The molecule has 12 heteroatoms. The molecule has 2 N–H and O–H groups in total. The van der Waals surface area contributed by atoms with E-state index in [4.69, 9.17) is 47.4 Å². The van der Waals surface area contributed by atoms with Crippen molar-refractivity contribution in [2.24, 2.45) is 5.92 Å². The van der Waals surface area contributed by atoms with Gasteiger partial charge >= 0.3 is 0 Å². The van der Waals surface area contributed by atoms with Crippen molar-refractivity contribution < 1.29 is 19.0 Å². The summed E-state index contributed by atoms with van der Waals surface area (Å²) in [6, 6.07) is 3.59. The molecule has 1 aromatic carbocycles. The zero-order chi connectivity index (χ0) is 27.7. The first-order chi connectivity index (χ1) is 18.8. The Hall–Kier alpha value is -3.18. The fourth-order valence-corrected chi connectivity index (χ4v) is 5.59. The van der Waals surface area contributed by atoms with Gasteiger partial charge in [0.05, 0.1) is 55.3 Å². The summed E-state index contributed by atoms with van der Waals surface area (Å²) in [5, 5.41) is 8.27. The monoisotopic (exact) mass is 572 g/mol. The summed E-state index contributed by atoms with van der Waals surface area (Å²) < 4.78 is 16.5. The van der Waals surface area contributed by atoms with Gasteiger partial charge in [-0.05, 0) is 19.2 Å². The number of anilines is 2. The molecule has 0 radical (unpaired) electrons. The Balaban J connectivity index is 1.55. The summed E-state index contributed by atoms with van der Waals surface area (Å²) >= 11 is 13.4. The number of hydrogen-bond acceptors (Lipinski definition) is 10. The van der Waals surface area contributed by atoms with E-state index in [1.165, 1.54) is 20.3 Å². The second kappa shape index (κ2) is 11.5. The molecule has 2 aromatic heterocycles. The summed E-state index contributed by atoms with van der Waals surface area (Å²) in [6.45, 7) is 6.26. The van der Waals surface area contributed by atoms with Crippen LogP contribution in [0.3, 0.4) is 0 Å². The minimum atomic E-state index is -0.0999. The smallest absolute Gasteiger partial charge is 0.223 e. The highest BCUT2D eigenvalue weighted by atomic mass is 35.5. The number of carbonyl (C=O) groups excluding carboxylic acids is 1. The fraction of sp³-hybridized carbons (Fsp3) is 0.407. The van der Waals surface area contributed by atoms with E-state index in [1.54, 1.807) is 12.3 Å². The Kier molecular flexibility index (Phi) is 8.08. The van der Waals surface area contributed by atoms with Crippen molar-refractivity contribution in [1.29, 1.82) is 0 Å². The van der Waals surface area contributed by atoms with Crippen molar-refractivity contribution in [3.05, 3.63) is 41.0 Å². The zero-order valence-corrected chi connectivity index (χ0v) is 23.5. The van der Waals surface area contributed by atoms with Gasteiger partial charge in [0, 0.05) is 48.6 Å². The average molecular weight is 573 g/mol. The van der Waals surface area contributed by atoms with E-state index in [2.05, 4.69) is 34.1 Å². The zero-order valence-electron chi connectivity index (χ0n) is 22.0. The van der Waals surface area contributed by atoms with Crippen LogP contribution in [0.5, 0.6) is 11.5 Å². The summed E-state index contributed by atoms with van der Waals surface area (Å²) in [5.74, 6) is 1.84. The summed E-state index contributed by atoms with van der Waals surface area (Å²) in [7, 11) is 5.12. The van der Waals surface area contributed by atoms with Crippen molar-refractivity contribution in [2.75, 3.05) is 58.2 Å². The van der Waals surface area contributed by atoms with Crippen LogP contribution in [-0.2, 0) is 9.53 Å². The highest BCUT2D eigenvalue weighted by molar-refractivity contribution is 6.41. The van der Waals surface area contributed by atoms with E-state index in [9.17, 15) is 4.79 Å². The number of ether oxygens (including phenoxy) is 3. The maximum atomic E-state index is 11.9. The number of nitrogens with one attached hydrogen (secondary N) is 2. The molecule has 3 aromatic rings. The van der Waals surface area contributed by atoms with E-state index in [0.29, 0.717) is 69.7 Å². The molecular formula is C27H30Cl2N6O4. The van der Waals surface area contributed by atoms with Crippen LogP contribution in [0.1, 0.15) is 6.42 Å². The van der Waals surface area contributed by atoms with Gasteiger partial charge in [-0.3, -0.25) is 4.79 Å². The lowest BCUT2D eigenvalue weighted by Gasteiger charge is -2.37. The Morgan fingerprint density at radius 3 is 2.51 bits per heavy atom. The van der Waals surface area contributed by atoms with Gasteiger partial charge in [0.25, 0.3) is 0 Å². The van der Waals surface area contributed by atoms with Crippen molar-refractivity contribution in [1.82, 2.24) is 19.9 Å². The molecule has 206 valence electrons. The highest BCUT2D eigenvalue weighted by Gasteiger charge is 2.31. The van der Waals surface area contributed by atoms with Crippen molar-refractivity contribution in [3.8, 4) is 22.8 Å². The quantitative estimate of drug-likeness (QED) is 0.341. The number of pyridine rings is 1. The minimum absolute atomic E-state index is 0.00531. The molecule has 0 saturated carbocycles. The number of allylic oxidation sites excluding steroid dienone is 1. The molecule has 2 aliphatic heterocycles. The van der Waals surface area contributed by atoms with Crippen molar-refractivity contribution in [2.45, 2.75) is 18.5 Å². The Morgan fingerprint density at radius 2 is 1.87 bits per heavy atom. The summed E-state index contributed by atoms with van der Waals surface area (Å²) in [5.41, 5.74) is 1.66. The molecule has 0 bridgehead atoms. The molecule has 0 aliphatic carbocycles. The fourth-order valence-electron chi connectivity index (χ4n) is 4.90. The summed E-state index contributed by atoms with van der Waals surface area (Å²) in [4.78, 5) is 28.4. The molecular weight excluding hydrogens is 543 g/mol.